The molecule has 0 spiro atoms. The van der Waals surface area contributed by atoms with Crippen molar-refractivity contribution in [3.05, 3.63) is 23.8 Å². The maximum atomic E-state index is 5.48. The van der Waals surface area contributed by atoms with E-state index in [4.69, 9.17) is 14.2 Å². The minimum atomic E-state index is 0.168. The summed E-state index contributed by atoms with van der Waals surface area (Å²) in [6.45, 7) is 5.25. The number of ether oxygens (including phenoxy) is 3. The highest BCUT2D eigenvalue weighted by molar-refractivity contribution is 5.46. The van der Waals surface area contributed by atoms with Gasteiger partial charge < -0.3 is 19.5 Å². The molecule has 1 fully saturated rings. The maximum Gasteiger partial charge on any atom is 0.165 e. The van der Waals surface area contributed by atoms with E-state index >= 15 is 0 Å². The van der Waals surface area contributed by atoms with Crippen LogP contribution in [0.1, 0.15) is 25.8 Å². The van der Waals surface area contributed by atoms with Crippen molar-refractivity contribution < 1.29 is 14.2 Å². The zero-order valence-corrected chi connectivity index (χ0v) is 13.0. The second kappa shape index (κ2) is 6.02. The van der Waals surface area contributed by atoms with Crippen molar-refractivity contribution in [1.29, 1.82) is 0 Å². The van der Waals surface area contributed by atoms with Crippen molar-refractivity contribution in [1.82, 2.24) is 5.32 Å². The lowest BCUT2D eigenvalue weighted by Crippen LogP contribution is -2.60. The summed E-state index contributed by atoms with van der Waals surface area (Å²) in [6.07, 6.45) is 1.39. The molecule has 1 N–H and O–H groups in total. The van der Waals surface area contributed by atoms with Gasteiger partial charge in [0.15, 0.2) is 11.5 Å². The number of nitrogens with one attached hydrogen (secondary N) is 1. The zero-order chi connectivity index (χ0) is 14.8. The van der Waals surface area contributed by atoms with E-state index in [9.17, 15) is 0 Å². The van der Waals surface area contributed by atoms with Crippen molar-refractivity contribution in [3.63, 3.8) is 0 Å². The van der Waals surface area contributed by atoms with Gasteiger partial charge in [0.25, 0.3) is 0 Å². The van der Waals surface area contributed by atoms with Crippen LogP contribution >= 0.6 is 0 Å². The molecule has 0 heterocycles. The van der Waals surface area contributed by atoms with Crippen molar-refractivity contribution in [2.45, 2.75) is 39.0 Å². The van der Waals surface area contributed by atoms with Gasteiger partial charge in [0.2, 0.25) is 0 Å². The average Bonchev–Trinajstić information content (AvgIpc) is 2.45. The van der Waals surface area contributed by atoms with Gasteiger partial charge in [-0.25, -0.2) is 0 Å². The lowest BCUT2D eigenvalue weighted by Gasteiger charge is -2.51. The Bertz CT molecular complexity index is 459. The molecule has 2 unspecified atom stereocenters. The predicted octanol–water partition coefficient (Wildman–Crippen LogP) is 2.61. The summed E-state index contributed by atoms with van der Waals surface area (Å²) in [4.78, 5) is 0. The van der Waals surface area contributed by atoms with E-state index in [-0.39, 0.29) is 5.41 Å². The number of hydrogen-bond acceptors (Lipinski definition) is 4. The van der Waals surface area contributed by atoms with Gasteiger partial charge in [-0.05, 0) is 12.5 Å². The fraction of sp³-hybridized carbons (Fsp3) is 0.625. The summed E-state index contributed by atoms with van der Waals surface area (Å²) in [5.74, 6) is 1.58. The first-order valence-corrected chi connectivity index (χ1v) is 7.00. The Labute approximate surface area is 121 Å². The molecule has 0 saturated heterocycles. The monoisotopic (exact) mass is 279 g/mol. The molecular weight excluding hydrogens is 254 g/mol. The van der Waals surface area contributed by atoms with Gasteiger partial charge in [-0.2, -0.15) is 0 Å². The summed E-state index contributed by atoms with van der Waals surface area (Å²) < 4.78 is 16.3. The molecule has 2 rings (SSSR count). The Morgan fingerprint density at radius 2 is 1.95 bits per heavy atom. The van der Waals surface area contributed by atoms with E-state index < -0.39 is 0 Å². The quantitative estimate of drug-likeness (QED) is 0.869. The van der Waals surface area contributed by atoms with Crippen LogP contribution in [-0.2, 0) is 11.3 Å². The molecule has 4 nitrogen and oxygen atoms in total. The third kappa shape index (κ3) is 2.63. The second-order valence-corrected chi connectivity index (χ2v) is 5.87. The van der Waals surface area contributed by atoms with Crippen molar-refractivity contribution in [2.75, 3.05) is 21.3 Å². The van der Waals surface area contributed by atoms with E-state index in [0.717, 1.165) is 30.0 Å². The summed E-state index contributed by atoms with van der Waals surface area (Å²) in [5, 5.41) is 3.60. The molecule has 4 heteroatoms. The van der Waals surface area contributed by atoms with Crippen LogP contribution in [-0.4, -0.2) is 33.5 Å². The average molecular weight is 279 g/mol. The van der Waals surface area contributed by atoms with Gasteiger partial charge in [-0.1, -0.05) is 26.0 Å². The van der Waals surface area contributed by atoms with Crippen LogP contribution < -0.4 is 14.8 Å². The molecule has 0 aromatic heterocycles. The summed E-state index contributed by atoms with van der Waals surface area (Å²) in [6, 6.07) is 6.43. The van der Waals surface area contributed by atoms with Crippen LogP contribution in [0.2, 0.25) is 0 Å². The smallest absolute Gasteiger partial charge is 0.165 e. The van der Waals surface area contributed by atoms with Crippen molar-refractivity contribution >= 4 is 0 Å². The Morgan fingerprint density at radius 3 is 2.50 bits per heavy atom. The molecular formula is C16H25NO3. The van der Waals surface area contributed by atoms with Crippen LogP contribution in [0, 0.1) is 5.41 Å². The molecule has 1 aromatic carbocycles. The van der Waals surface area contributed by atoms with Gasteiger partial charge in [0.05, 0.1) is 20.3 Å². The highest BCUT2D eigenvalue weighted by atomic mass is 16.5. The van der Waals surface area contributed by atoms with Crippen LogP contribution in [0.3, 0.4) is 0 Å². The molecule has 0 amide bonds. The summed E-state index contributed by atoms with van der Waals surface area (Å²) in [7, 11) is 5.12. The van der Waals surface area contributed by atoms with E-state index in [2.05, 4.69) is 25.2 Å². The first-order valence-electron chi connectivity index (χ1n) is 7.00. The summed E-state index contributed by atoms with van der Waals surface area (Å²) in [5.41, 5.74) is 1.28. The Balaban J connectivity index is 2.02. The largest absolute Gasteiger partial charge is 0.493 e. The lowest BCUT2D eigenvalue weighted by molar-refractivity contribution is -0.0979. The standard InChI is InChI=1S/C16H25NO3/c1-16(2)13(9-14(16)19-4)17-10-11-7-6-8-12(18-3)15(11)20-5/h6-8,13-14,17H,9-10H2,1-5H3. The van der Waals surface area contributed by atoms with E-state index in [0.29, 0.717) is 12.1 Å². The first-order chi connectivity index (χ1) is 9.54. The van der Waals surface area contributed by atoms with E-state index in [1.807, 2.05) is 12.1 Å². The third-order valence-electron chi connectivity index (χ3n) is 4.49. The van der Waals surface area contributed by atoms with Crippen molar-refractivity contribution in [3.8, 4) is 11.5 Å². The second-order valence-electron chi connectivity index (χ2n) is 5.87. The van der Waals surface area contributed by atoms with Gasteiger partial charge in [-0.3, -0.25) is 0 Å². The summed E-state index contributed by atoms with van der Waals surface area (Å²) >= 11 is 0. The zero-order valence-electron chi connectivity index (χ0n) is 13.0. The highest BCUT2D eigenvalue weighted by Gasteiger charge is 2.48. The number of hydrogen-bond donors (Lipinski definition) is 1. The molecule has 20 heavy (non-hydrogen) atoms. The Hall–Kier alpha value is -1.26. The molecule has 0 aliphatic heterocycles. The van der Waals surface area contributed by atoms with Gasteiger partial charge in [0.1, 0.15) is 0 Å². The van der Waals surface area contributed by atoms with Crippen LogP contribution in [0.5, 0.6) is 11.5 Å². The fourth-order valence-corrected chi connectivity index (χ4v) is 2.96. The number of benzene rings is 1. The molecule has 112 valence electrons. The molecule has 0 bridgehead atoms. The van der Waals surface area contributed by atoms with Gasteiger partial charge >= 0.3 is 0 Å². The molecule has 1 aliphatic carbocycles. The maximum absolute atomic E-state index is 5.48. The number of rotatable bonds is 6. The van der Waals surface area contributed by atoms with Crippen molar-refractivity contribution in [2.24, 2.45) is 5.41 Å². The van der Waals surface area contributed by atoms with E-state index in [1.165, 1.54) is 0 Å². The Kier molecular flexibility index (Phi) is 4.55. The minimum Gasteiger partial charge on any atom is -0.493 e. The molecule has 0 radical (unpaired) electrons. The third-order valence-corrected chi connectivity index (χ3v) is 4.49. The molecule has 2 atom stereocenters. The number of para-hydroxylation sites is 1. The molecule has 1 saturated carbocycles. The topological polar surface area (TPSA) is 39.7 Å². The van der Waals surface area contributed by atoms with Gasteiger partial charge in [-0.15, -0.1) is 0 Å². The van der Waals surface area contributed by atoms with Crippen LogP contribution in [0.4, 0.5) is 0 Å². The van der Waals surface area contributed by atoms with Crippen LogP contribution in [0.25, 0.3) is 0 Å². The van der Waals surface area contributed by atoms with Gasteiger partial charge in [0, 0.05) is 30.7 Å². The minimum absolute atomic E-state index is 0.168. The normalized spacial score (nSPS) is 24.1. The van der Waals surface area contributed by atoms with Crippen LogP contribution in [0.15, 0.2) is 18.2 Å². The lowest BCUT2D eigenvalue weighted by atomic mass is 9.64. The SMILES string of the molecule is COc1cccc(CNC2CC(OC)C2(C)C)c1OC. The Morgan fingerprint density at radius 1 is 1.20 bits per heavy atom. The predicted molar refractivity (Wildman–Crippen MR) is 79.4 cm³/mol. The fourth-order valence-electron chi connectivity index (χ4n) is 2.96. The molecule has 1 aromatic rings. The van der Waals surface area contributed by atoms with E-state index in [1.54, 1.807) is 21.3 Å². The first kappa shape index (κ1) is 15.1. The molecule has 1 aliphatic rings. The highest BCUT2D eigenvalue weighted by Crippen LogP contribution is 2.42. The number of methoxy groups -OCH3 is 3.